The number of hydrogen-bond donors (Lipinski definition) is 1. The van der Waals surface area contributed by atoms with E-state index in [0.717, 1.165) is 30.9 Å². The number of nitrogens with two attached hydrogens (primary N) is 1. The van der Waals surface area contributed by atoms with E-state index in [2.05, 4.69) is 0 Å². The molecule has 0 aromatic carbocycles. The molecule has 0 aliphatic heterocycles. The van der Waals surface area contributed by atoms with Crippen LogP contribution >= 0.6 is 0 Å². The van der Waals surface area contributed by atoms with Gasteiger partial charge >= 0.3 is 6.09 Å². The largest absolute Gasteiger partial charge is 0.449 e. The Balaban J connectivity index is 2.36. The molecule has 0 radical (unpaired) electrons. The highest BCUT2D eigenvalue weighted by Gasteiger charge is 2.24. The van der Waals surface area contributed by atoms with Crippen molar-refractivity contribution in [3.05, 3.63) is 0 Å². The van der Waals surface area contributed by atoms with Crippen LogP contribution in [0.2, 0.25) is 0 Å². The maximum absolute atomic E-state index is 11.6. The summed E-state index contributed by atoms with van der Waals surface area (Å²) in [5, 5.41) is 0.737. The minimum absolute atomic E-state index is 0.0371. The Morgan fingerprint density at radius 3 is 2.18 bits per heavy atom. The maximum atomic E-state index is 11.6. The van der Waals surface area contributed by atoms with Gasteiger partial charge in [0, 0.05) is 0 Å². The molecular weight excluding hydrogens is 220 g/mol. The van der Waals surface area contributed by atoms with E-state index in [9.17, 15) is 4.79 Å². The van der Waals surface area contributed by atoms with E-state index in [1.54, 1.807) is 20.8 Å². The zero-order valence-electron chi connectivity index (χ0n) is 11.1. The fraction of sp³-hybridized carbons (Fsp3) is 0.917. The van der Waals surface area contributed by atoms with E-state index in [1.807, 2.05) is 0 Å². The standard InChI is InChI=1S/C12H24N2O3/c1-12(2,3)16-11(15)14(13)17-10-8-6-4-5-7-9-10/h10H,4-9,13H2,1-3H3. The number of nitrogens with zero attached hydrogens (tertiary/aromatic N) is 1. The van der Waals surface area contributed by atoms with E-state index in [1.165, 1.54) is 12.8 Å². The summed E-state index contributed by atoms with van der Waals surface area (Å²) in [4.78, 5) is 17.0. The molecule has 1 amide bonds. The van der Waals surface area contributed by atoms with Crippen LogP contribution in [0.1, 0.15) is 59.3 Å². The monoisotopic (exact) mass is 244 g/mol. The number of hydrogen-bond acceptors (Lipinski definition) is 4. The average Bonchev–Trinajstić information content (AvgIpc) is 2.43. The number of carbonyl (C=O) groups excluding carboxylic acids is 1. The SMILES string of the molecule is CC(C)(C)OC(=O)N(N)OC1CCCCCC1. The molecule has 100 valence electrons. The Labute approximate surface area is 103 Å². The molecule has 1 fully saturated rings. The summed E-state index contributed by atoms with van der Waals surface area (Å²) in [5.74, 6) is 5.54. The minimum atomic E-state index is -0.637. The molecule has 0 aromatic heterocycles. The molecule has 0 saturated heterocycles. The third-order valence-corrected chi connectivity index (χ3v) is 2.64. The van der Waals surface area contributed by atoms with Gasteiger partial charge in [-0.2, -0.15) is 0 Å². The zero-order chi connectivity index (χ0) is 12.9. The first-order valence-electron chi connectivity index (χ1n) is 6.33. The van der Waals surface area contributed by atoms with Crippen LogP contribution in [0, 0.1) is 0 Å². The second-order valence-corrected chi connectivity index (χ2v) is 5.53. The van der Waals surface area contributed by atoms with Crippen molar-refractivity contribution < 1.29 is 14.4 Å². The summed E-state index contributed by atoms with van der Waals surface area (Å²) in [5.41, 5.74) is -0.554. The van der Waals surface area contributed by atoms with Crippen molar-refractivity contribution in [2.45, 2.75) is 71.0 Å². The minimum Gasteiger partial charge on any atom is -0.441 e. The van der Waals surface area contributed by atoms with Crippen LogP contribution < -0.4 is 5.84 Å². The average molecular weight is 244 g/mol. The lowest BCUT2D eigenvalue weighted by Crippen LogP contribution is -2.43. The predicted molar refractivity (Wildman–Crippen MR) is 64.8 cm³/mol. The smallest absolute Gasteiger partial charge is 0.441 e. The second kappa shape index (κ2) is 6.21. The number of ether oxygens (including phenoxy) is 1. The summed E-state index contributed by atoms with van der Waals surface area (Å²) < 4.78 is 5.11. The molecule has 0 atom stereocenters. The van der Waals surface area contributed by atoms with Crippen molar-refractivity contribution in [3.63, 3.8) is 0 Å². The van der Waals surface area contributed by atoms with Gasteiger partial charge in [-0.15, -0.1) is 5.17 Å². The Kier molecular flexibility index (Phi) is 5.21. The van der Waals surface area contributed by atoms with Gasteiger partial charge in [0.1, 0.15) is 5.60 Å². The highest BCUT2D eigenvalue weighted by Crippen LogP contribution is 2.20. The van der Waals surface area contributed by atoms with Gasteiger partial charge in [-0.05, 0) is 33.6 Å². The Bertz CT molecular complexity index is 243. The number of carbonyl (C=O) groups is 1. The highest BCUT2D eigenvalue weighted by atomic mass is 16.8. The third-order valence-electron chi connectivity index (χ3n) is 2.64. The molecule has 0 unspecified atom stereocenters. The molecule has 0 spiro atoms. The Hall–Kier alpha value is -0.810. The molecule has 2 N–H and O–H groups in total. The Morgan fingerprint density at radius 2 is 1.71 bits per heavy atom. The number of amides is 1. The molecule has 0 bridgehead atoms. The highest BCUT2D eigenvalue weighted by molar-refractivity contribution is 5.66. The van der Waals surface area contributed by atoms with E-state index in [-0.39, 0.29) is 6.10 Å². The van der Waals surface area contributed by atoms with Crippen LogP contribution in [-0.2, 0) is 9.57 Å². The molecule has 5 nitrogen and oxygen atoms in total. The zero-order valence-corrected chi connectivity index (χ0v) is 11.1. The molecule has 1 aliphatic carbocycles. The van der Waals surface area contributed by atoms with E-state index in [0.29, 0.717) is 0 Å². The molecule has 0 aromatic rings. The van der Waals surface area contributed by atoms with Crippen molar-refractivity contribution in [2.24, 2.45) is 5.84 Å². The molecular formula is C12H24N2O3. The van der Waals surface area contributed by atoms with E-state index in [4.69, 9.17) is 15.4 Å². The van der Waals surface area contributed by atoms with Crippen LogP contribution in [0.5, 0.6) is 0 Å². The van der Waals surface area contributed by atoms with E-state index < -0.39 is 11.7 Å². The summed E-state index contributed by atoms with van der Waals surface area (Å²) in [6.07, 6.45) is 6.04. The van der Waals surface area contributed by atoms with Gasteiger partial charge in [-0.1, -0.05) is 25.7 Å². The lowest BCUT2D eigenvalue weighted by atomic mass is 10.2. The van der Waals surface area contributed by atoms with Gasteiger partial charge in [0.15, 0.2) is 0 Å². The van der Waals surface area contributed by atoms with Gasteiger partial charge in [0.2, 0.25) is 0 Å². The predicted octanol–water partition coefficient (Wildman–Crippen LogP) is 2.75. The molecule has 1 rings (SSSR count). The van der Waals surface area contributed by atoms with Crippen LogP contribution in [0.3, 0.4) is 0 Å². The fourth-order valence-corrected chi connectivity index (χ4v) is 1.86. The summed E-state index contributed by atoms with van der Waals surface area (Å²) >= 11 is 0. The lowest BCUT2D eigenvalue weighted by Gasteiger charge is -2.26. The summed E-state index contributed by atoms with van der Waals surface area (Å²) in [7, 11) is 0. The van der Waals surface area contributed by atoms with Crippen LogP contribution in [0.25, 0.3) is 0 Å². The summed E-state index contributed by atoms with van der Waals surface area (Å²) in [6, 6.07) is 0. The normalized spacial score (nSPS) is 18.6. The topological polar surface area (TPSA) is 64.8 Å². The number of rotatable bonds is 2. The second-order valence-electron chi connectivity index (χ2n) is 5.53. The van der Waals surface area contributed by atoms with Crippen molar-refractivity contribution in [1.29, 1.82) is 0 Å². The van der Waals surface area contributed by atoms with Crippen molar-refractivity contribution in [3.8, 4) is 0 Å². The Morgan fingerprint density at radius 1 is 1.18 bits per heavy atom. The quantitative estimate of drug-likeness (QED) is 0.351. The first kappa shape index (κ1) is 14.3. The molecule has 1 aliphatic rings. The van der Waals surface area contributed by atoms with Gasteiger partial charge < -0.3 is 4.74 Å². The van der Waals surface area contributed by atoms with Gasteiger partial charge in [-0.3, -0.25) is 0 Å². The molecule has 17 heavy (non-hydrogen) atoms. The number of hydroxylamine groups is 1. The van der Waals surface area contributed by atoms with Gasteiger partial charge in [-0.25, -0.2) is 15.5 Å². The van der Waals surface area contributed by atoms with Crippen LogP contribution in [-0.4, -0.2) is 23.0 Å². The van der Waals surface area contributed by atoms with Crippen molar-refractivity contribution in [2.75, 3.05) is 0 Å². The lowest BCUT2D eigenvalue weighted by molar-refractivity contribution is -0.187. The van der Waals surface area contributed by atoms with Crippen LogP contribution in [0.15, 0.2) is 0 Å². The van der Waals surface area contributed by atoms with Gasteiger partial charge in [0.25, 0.3) is 0 Å². The first-order chi connectivity index (χ1) is 7.88. The van der Waals surface area contributed by atoms with Crippen molar-refractivity contribution >= 4 is 6.09 Å². The number of hydrazine groups is 1. The van der Waals surface area contributed by atoms with Gasteiger partial charge in [0.05, 0.1) is 6.10 Å². The fourth-order valence-electron chi connectivity index (χ4n) is 1.86. The van der Waals surface area contributed by atoms with Crippen molar-refractivity contribution in [1.82, 2.24) is 5.17 Å². The van der Waals surface area contributed by atoms with E-state index >= 15 is 0 Å². The first-order valence-corrected chi connectivity index (χ1v) is 6.33. The third kappa shape index (κ3) is 5.89. The summed E-state index contributed by atoms with van der Waals surface area (Å²) in [6.45, 7) is 5.39. The maximum Gasteiger partial charge on any atom is 0.449 e. The molecule has 1 saturated carbocycles. The van der Waals surface area contributed by atoms with Crippen LogP contribution in [0.4, 0.5) is 4.79 Å². The molecule has 0 heterocycles. The molecule has 5 heteroatoms.